The molecule has 0 saturated heterocycles. The van der Waals surface area contributed by atoms with Gasteiger partial charge in [-0.25, -0.2) is 0 Å². The van der Waals surface area contributed by atoms with E-state index in [4.69, 9.17) is 5.73 Å². The smallest absolute Gasteiger partial charge is 0.0614 e. The third-order valence-corrected chi connectivity index (χ3v) is 2.74. The molecule has 1 aromatic carbocycles. The third-order valence-electron chi connectivity index (χ3n) is 2.74. The Morgan fingerprint density at radius 2 is 1.93 bits per heavy atom. The molecule has 0 aromatic heterocycles. The van der Waals surface area contributed by atoms with Gasteiger partial charge < -0.3 is 10.8 Å². The van der Waals surface area contributed by atoms with Crippen LogP contribution in [0.15, 0.2) is 30.3 Å². The molecule has 15 heavy (non-hydrogen) atoms. The van der Waals surface area contributed by atoms with Crippen LogP contribution < -0.4 is 5.73 Å². The Morgan fingerprint density at radius 3 is 2.47 bits per heavy atom. The summed E-state index contributed by atoms with van der Waals surface area (Å²) >= 11 is 0. The average Bonchev–Trinajstić information content (AvgIpc) is 2.28. The molecule has 0 heterocycles. The molecular formula is C13H21NO. The van der Waals surface area contributed by atoms with E-state index in [1.165, 1.54) is 5.56 Å². The SMILES string of the molecule is CCCC[C@@](N)(CO)Cc1ccccc1. The van der Waals surface area contributed by atoms with Gasteiger partial charge in [0.15, 0.2) is 0 Å². The maximum atomic E-state index is 9.35. The number of unbranched alkanes of at least 4 members (excludes halogenated alkanes) is 1. The summed E-state index contributed by atoms with van der Waals surface area (Å²) in [5, 5.41) is 9.35. The second-order valence-corrected chi connectivity index (χ2v) is 4.29. The molecule has 0 unspecified atom stereocenters. The highest BCUT2D eigenvalue weighted by molar-refractivity contribution is 5.17. The Kier molecular flexibility index (Phi) is 4.79. The van der Waals surface area contributed by atoms with Crippen molar-refractivity contribution in [3.63, 3.8) is 0 Å². The van der Waals surface area contributed by atoms with E-state index < -0.39 is 5.54 Å². The van der Waals surface area contributed by atoms with Gasteiger partial charge in [-0.2, -0.15) is 0 Å². The first-order valence-electron chi connectivity index (χ1n) is 5.64. The lowest BCUT2D eigenvalue weighted by Crippen LogP contribution is -2.45. The van der Waals surface area contributed by atoms with Crippen molar-refractivity contribution in [1.82, 2.24) is 0 Å². The van der Waals surface area contributed by atoms with E-state index in [0.717, 1.165) is 25.7 Å². The highest BCUT2D eigenvalue weighted by Crippen LogP contribution is 2.17. The monoisotopic (exact) mass is 207 g/mol. The van der Waals surface area contributed by atoms with Crippen LogP contribution in [0.3, 0.4) is 0 Å². The molecule has 0 radical (unpaired) electrons. The molecule has 1 atom stereocenters. The van der Waals surface area contributed by atoms with Gasteiger partial charge in [-0.05, 0) is 18.4 Å². The number of aliphatic hydroxyl groups is 1. The van der Waals surface area contributed by atoms with Crippen LogP contribution in [0, 0.1) is 0 Å². The van der Waals surface area contributed by atoms with Crippen molar-refractivity contribution in [3.8, 4) is 0 Å². The summed E-state index contributed by atoms with van der Waals surface area (Å²) < 4.78 is 0. The summed E-state index contributed by atoms with van der Waals surface area (Å²) in [7, 11) is 0. The van der Waals surface area contributed by atoms with Crippen LogP contribution in [-0.4, -0.2) is 17.3 Å². The fourth-order valence-electron chi connectivity index (χ4n) is 1.75. The first-order valence-corrected chi connectivity index (χ1v) is 5.64. The van der Waals surface area contributed by atoms with E-state index in [2.05, 4.69) is 19.1 Å². The summed E-state index contributed by atoms with van der Waals surface area (Å²) in [4.78, 5) is 0. The lowest BCUT2D eigenvalue weighted by Gasteiger charge is -2.27. The van der Waals surface area contributed by atoms with Crippen molar-refractivity contribution in [2.24, 2.45) is 5.73 Å². The zero-order chi connectivity index (χ0) is 11.1. The molecule has 0 aliphatic rings. The number of hydrogen-bond acceptors (Lipinski definition) is 2. The van der Waals surface area contributed by atoms with E-state index in [-0.39, 0.29) is 6.61 Å². The number of nitrogens with two attached hydrogens (primary N) is 1. The zero-order valence-electron chi connectivity index (χ0n) is 9.45. The Hall–Kier alpha value is -0.860. The lowest BCUT2D eigenvalue weighted by molar-refractivity contribution is 0.183. The predicted molar refractivity (Wildman–Crippen MR) is 63.7 cm³/mol. The maximum absolute atomic E-state index is 9.35. The number of rotatable bonds is 6. The second kappa shape index (κ2) is 5.89. The zero-order valence-corrected chi connectivity index (χ0v) is 9.45. The highest BCUT2D eigenvalue weighted by Gasteiger charge is 2.23. The minimum Gasteiger partial charge on any atom is -0.394 e. The van der Waals surface area contributed by atoms with Crippen LogP contribution in [0.1, 0.15) is 31.7 Å². The summed E-state index contributed by atoms with van der Waals surface area (Å²) in [6, 6.07) is 10.1. The lowest BCUT2D eigenvalue weighted by atomic mass is 9.88. The van der Waals surface area contributed by atoms with Gasteiger partial charge in [-0.3, -0.25) is 0 Å². The van der Waals surface area contributed by atoms with Crippen LogP contribution >= 0.6 is 0 Å². The van der Waals surface area contributed by atoms with Crippen molar-refractivity contribution in [3.05, 3.63) is 35.9 Å². The highest BCUT2D eigenvalue weighted by atomic mass is 16.3. The Labute approximate surface area is 92.1 Å². The largest absolute Gasteiger partial charge is 0.394 e. The third kappa shape index (κ3) is 4.02. The van der Waals surface area contributed by atoms with Crippen LogP contribution in [-0.2, 0) is 6.42 Å². The Balaban J connectivity index is 2.59. The number of benzene rings is 1. The summed E-state index contributed by atoms with van der Waals surface area (Å²) in [5.41, 5.74) is 6.92. The van der Waals surface area contributed by atoms with Gasteiger partial charge in [-0.1, -0.05) is 50.1 Å². The molecule has 2 nitrogen and oxygen atoms in total. The molecule has 0 spiro atoms. The van der Waals surface area contributed by atoms with Crippen LogP contribution in [0.5, 0.6) is 0 Å². The molecule has 0 fully saturated rings. The van der Waals surface area contributed by atoms with Gasteiger partial charge in [0, 0.05) is 5.54 Å². The minimum absolute atomic E-state index is 0.0574. The molecule has 1 rings (SSSR count). The number of aliphatic hydroxyl groups excluding tert-OH is 1. The first-order chi connectivity index (χ1) is 7.20. The van der Waals surface area contributed by atoms with Gasteiger partial charge in [0.1, 0.15) is 0 Å². The van der Waals surface area contributed by atoms with Crippen molar-refractivity contribution in [1.29, 1.82) is 0 Å². The standard InChI is InChI=1S/C13H21NO/c1-2-3-9-13(14,11-15)10-12-7-5-4-6-8-12/h4-8,15H,2-3,9-11,14H2,1H3/t13-/m0/s1. The first kappa shape index (κ1) is 12.2. The second-order valence-electron chi connectivity index (χ2n) is 4.29. The average molecular weight is 207 g/mol. The molecule has 0 aliphatic carbocycles. The van der Waals surface area contributed by atoms with E-state index in [1.807, 2.05) is 18.2 Å². The maximum Gasteiger partial charge on any atom is 0.0614 e. The quantitative estimate of drug-likeness (QED) is 0.750. The molecule has 1 aromatic rings. The molecule has 0 saturated carbocycles. The van der Waals surface area contributed by atoms with Crippen LogP contribution in [0.2, 0.25) is 0 Å². The minimum atomic E-state index is -0.447. The normalized spacial score (nSPS) is 14.9. The predicted octanol–water partition coefficient (Wildman–Crippen LogP) is 2.11. The van der Waals surface area contributed by atoms with E-state index in [9.17, 15) is 5.11 Å². The van der Waals surface area contributed by atoms with Gasteiger partial charge in [0.25, 0.3) is 0 Å². The molecule has 0 aliphatic heterocycles. The molecule has 2 heteroatoms. The number of hydrogen-bond donors (Lipinski definition) is 2. The Morgan fingerprint density at radius 1 is 1.27 bits per heavy atom. The van der Waals surface area contributed by atoms with Gasteiger partial charge in [-0.15, -0.1) is 0 Å². The molecule has 84 valence electrons. The molecule has 0 bridgehead atoms. The van der Waals surface area contributed by atoms with Crippen molar-refractivity contribution >= 4 is 0 Å². The van der Waals surface area contributed by atoms with Crippen LogP contribution in [0.25, 0.3) is 0 Å². The fourth-order valence-corrected chi connectivity index (χ4v) is 1.75. The Bertz CT molecular complexity index is 273. The van der Waals surface area contributed by atoms with Crippen molar-refractivity contribution < 1.29 is 5.11 Å². The van der Waals surface area contributed by atoms with Gasteiger partial charge in [0.05, 0.1) is 6.61 Å². The van der Waals surface area contributed by atoms with Crippen molar-refractivity contribution in [2.45, 2.75) is 38.1 Å². The topological polar surface area (TPSA) is 46.2 Å². The van der Waals surface area contributed by atoms with Gasteiger partial charge >= 0.3 is 0 Å². The van der Waals surface area contributed by atoms with Gasteiger partial charge in [0.2, 0.25) is 0 Å². The van der Waals surface area contributed by atoms with Crippen LogP contribution in [0.4, 0.5) is 0 Å². The van der Waals surface area contributed by atoms with E-state index >= 15 is 0 Å². The fraction of sp³-hybridized carbons (Fsp3) is 0.538. The molecule has 0 amide bonds. The summed E-state index contributed by atoms with van der Waals surface area (Å²) in [5.74, 6) is 0. The summed E-state index contributed by atoms with van der Waals surface area (Å²) in [6.07, 6.45) is 3.83. The van der Waals surface area contributed by atoms with E-state index in [0.29, 0.717) is 0 Å². The summed E-state index contributed by atoms with van der Waals surface area (Å²) in [6.45, 7) is 2.20. The van der Waals surface area contributed by atoms with E-state index in [1.54, 1.807) is 0 Å². The molecule has 3 N–H and O–H groups in total. The molecular weight excluding hydrogens is 186 g/mol. The van der Waals surface area contributed by atoms with Crippen molar-refractivity contribution in [2.75, 3.05) is 6.61 Å².